The van der Waals surface area contributed by atoms with Gasteiger partial charge in [-0.1, -0.05) is 36.5 Å². The van der Waals surface area contributed by atoms with Crippen molar-refractivity contribution in [2.75, 3.05) is 0 Å². The smallest absolute Gasteiger partial charge is 0.251 e. The molecule has 1 heterocycles. The lowest BCUT2D eigenvalue weighted by molar-refractivity contribution is 0.870. The summed E-state index contributed by atoms with van der Waals surface area (Å²) in [6.07, 6.45) is 1.69. The lowest BCUT2D eigenvalue weighted by Gasteiger charge is -2.06. The molecule has 1 aromatic heterocycles. The van der Waals surface area contributed by atoms with Gasteiger partial charge in [0, 0.05) is 22.3 Å². The molecule has 0 saturated carbocycles. The zero-order chi connectivity index (χ0) is 13.1. The summed E-state index contributed by atoms with van der Waals surface area (Å²) >= 11 is 12.0. The highest BCUT2D eigenvalue weighted by Gasteiger charge is 2.08. The fourth-order valence-corrected chi connectivity index (χ4v) is 2.08. The van der Waals surface area contributed by atoms with Gasteiger partial charge in [0.15, 0.2) is 0 Å². The van der Waals surface area contributed by atoms with Crippen molar-refractivity contribution in [2.45, 2.75) is 19.8 Å². The second-order valence-electron chi connectivity index (χ2n) is 3.96. The van der Waals surface area contributed by atoms with Crippen LogP contribution in [0.25, 0.3) is 11.4 Å². The van der Waals surface area contributed by atoms with E-state index in [1.54, 1.807) is 18.2 Å². The van der Waals surface area contributed by atoms with Crippen molar-refractivity contribution in [2.24, 2.45) is 0 Å². The van der Waals surface area contributed by atoms with E-state index in [1.165, 1.54) is 6.07 Å². The standard InChI is InChI=1S/C13H12Cl2N2O/c1-2-3-9-7-12(18)17-13(16-9)10-6-8(14)4-5-11(10)15/h4-7H,2-3H2,1H3,(H,16,17,18). The van der Waals surface area contributed by atoms with Crippen molar-refractivity contribution in [1.82, 2.24) is 9.97 Å². The molecule has 5 heteroatoms. The van der Waals surface area contributed by atoms with E-state index in [4.69, 9.17) is 23.2 Å². The Hall–Kier alpha value is -1.32. The highest BCUT2D eigenvalue weighted by Crippen LogP contribution is 2.27. The number of nitrogens with zero attached hydrogens (tertiary/aromatic N) is 1. The molecule has 0 aliphatic heterocycles. The molecule has 2 aromatic rings. The molecule has 0 unspecified atom stereocenters. The summed E-state index contributed by atoms with van der Waals surface area (Å²) in [7, 11) is 0. The Morgan fingerprint density at radius 1 is 1.28 bits per heavy atom. The number of aromatic amines is 1. The van der Waals surface area contributed by atoms with Crippen LogP contribution < -0.4 is 5.56 Å². The van der Waals surface area contributed by atoms with Crippen LogP contribution in [-0.2, 0) is 6.42 Å². The van der Waals surface area contributed by atoms with Crippen LogP contribution in [0.1, 0.15) is 19.0 Å². The third-order valence-corrected chi connectivity index (χ3v) is 3.05. The van der Waals surface area contributed by atoms with Gasteiger partial charge >= 0.3 is 0 Å². The van der Waals surface area contributed by atoms with Gasteiger partial charge in [-0.3, -0.25) is 4.79 Å². The maximum absolute atomic E-state index is 11.6. The van der Waals surface area contributed by atoms with Gasteiger partial charge in [-0.2, -0.15) is 0 Å². The van der Waals surface area contributed by atoms with Gasteiger partial charge in [0.2, 0.25) is 0 Å². The molecule has 0 atom stereocenters. The summed E-state index contributed by atoms with van der Waals surface area (Å²) in [5.41, 5.74) is 1.21. The van der Waals surface area contributed by atoms with Gasteiger partial charge in [0.05, 0.1) is 5.02 Å². The van der Waals surface area contributed by atoms with E-state index in [1.807, 2.05) is 6.92 Å². The van der Waals surface area contributed by atoms with Crippen LogP contribution >= 0.6 is 23.2 Å². The Morgan fingerprint density at radius 3 is 2.78 bits per heavy atom. The molecule has 0 fully saturated rings. The second kappa shape index (κ2) is 5.55. The van der Waals surface area contributed by atoms with Crippen molar-refractivity contribution >= 4 is 23.2 Å². The molecule has 94 valence electrons. The number of halogens is 2. The van der Waals surface area contributed by atoms with Crippen molar-refractivity contribution in [1.29, 1.82) is 0 Å². The number of aromatic nitrogens is 2. The molecule has 0 spiro atoms. The topological polar surface area (TPSA) is 45.8 Å². The van der Waals surface area contributed by atoms with Gasteiger partial charge in [0.1, 0.15) is 5.82 Å². The van der Waals surface area contributed by atoms with E-state index < -0.39 is 0 Å². The van der Waals surface area contributed by atoms with Gasteiger partial charge < -0.3 is 4.98 Å². The minimum absolute atomic E-state index is 0.181. The van der Waals surface area contributed by atoms with Crippen LogP contribution in [0.4, 0.5) is 0 Å². The highest BCUT2D eigenvalue weighted by molar-refractivity contribution is 6.35. The lowest BCUT2D eigenvalue weighted by Crippen LogP contribution is -2.10. The molecule has 1 aromatic carbocycles. The first-order valence-electron chi connectivity index (χ1n) is 5.66. The van der Waals surface area contributed by atoms with Gasteiger partial charge in [-0.05, 0) is 24.6 Å². The quantitative estimate of drug-likeness (QED) is 0.933. The van der Waals surface area contributed by atoms with Crippen LogP contribution in [-0.4, -0.2) is 9.97 Å². The lowest BCUT2D eigenvalue weighted by atomic mass is 10.2. The number of aryl methyl sites for hydroxylation is 1. The van der Waals surface area contributed by atoms with E-state index in [2.05, 4.69) is 9.97 Å². The van der Waals surface area contributed by atoms with Crippen LogP contribution in [0, 0.1) is 0 Å². The van der Waals surface area contributed by atoms with Gasteiger partial charge in [0.25, 0.3) is 5.56 Å². The van der Waals surface area contributed by atoms with E-state index in [0.29, 0.717) is 21.4 Å². The average Bonchev–Trinajstić information content (AvgIpc) is 2.32. The fourth-order valence-electron chi connectivity index (χ4n) is 1.70. The van der Waals surface area contributed by atoms with Crippen molar-refractivity contribution < 1.29 is 0 Å². The number of rotatable bonds is 3. The molecule has 0 bridgehead atoms. The minimum atomic E-state index is -0.181. The number of benzene rings is 1. The van der Waals surface area contributed by atoms with Crippen LogP contribution in [0.2, 0.25) is 10.0 Å². The van der Waals surface area contributed by atoms with Gasteiger partial charge in [-0.25, -0.2) is 4.98 Å². The predicted octanol–water partition coefficient (Wildman–Crippen LogP) is 3.70. The normalized spacial score (nSPS) is 10.6. The molecular weight excluding hydrogens is 271 g/mol. The van der Waals surface area contributed by atoms with Gasteiger partial charge in [-0.15, -0.1) is 0 Å². The first-order chi connectivity index (χ1) is 8.60. The third kappa shape index (κ3) is 2.92. The average molecular weight is 283 g/mol. The number of nitrogens with one attached hydrogen (secondary N) is 1. The Labute approximate surface area is 115 Å². The van der Waals surface area contributed by atoms with Crippen LogP contribution in [0.15, 0.2) is 29.1 Å². The maximum atomic E-state index is 11.6. The molecule has 18 heavy (non-hydrogen) atoms. The Balaban J connectivity index is 2.56. The molecule has 0 aliphatic rings. The number of H-pyrrole nitrogens is 1. The third-order valence-electron chi connectivity index (χ3n) is 2.48. The molecule has 0 aliphatic carbocycles. The summed E-state index contributed by atoms with van der Waals surface area (Å²) in [5, 5.41) is 1.06. The van der Waals surface area contributed by atoms with E-state index >= 15 is 0 Å². The van der Waals surface area contributed by atoms with Crippen LogP contribution in [0.3, 0.4) is 0 Å². The monoisotopic (exact) mass is 282 g/mol. The predicted molar refractivity (Wildman–Crippen MR) is 74.3 cm³/mol. The Morgan fingerprint density at radius 2 is 2.06 bits per heavy atom. The molecule has 2 rings (SSSR count). The van der Waals surface area contributed by atoms with Crippen LogP contribution in [0.5, 0.6) is 0 Å². The molecule has 0 radical (unpaired) electrons. The minimum Gasteiger partial charge on any atom is -0.306 e. The molecular formula is C13H12Cl2N2O. The summed E-state index contributed by atoms with van der Waals surface area (Å²) in [4.78, 5) is 18.7. The second-order valence-corrected chi connectivity index (χ2v) is 4.80. The molecule has 1 N–H and O–H groups in total. The SMILES string of the molecule is CCCc1cc(=O)[nH]c(-c2cc(Cl)ccc2Cl)n1. The number of hydrogen-bond donors (Lipinski definition) is 1. The van der Waals surface area contributed by atoms with Crippen molar-refractivity contribution in [3.05, 3.63) is 50.4 Å². The summed E-state index contributed by atoms with van der Waals surface area (Å²) in [6, 6.07) is 6.58. The maximum Gasteiger partial charge on any atom is 0.251 e. The Kier molecular flexibility index (Phi) is 4.04. The summed E-state index contributed by atoms with van der Waals surface area (Å²) in [5.74, 6) is 0.457. The largest absolute Gasteiger partial charge is 0.306 e. The highest BCUT2D eigenvalue weighted by atomic mass is 35.5. The summed E-state index contributed by atoms with van der Waals surface area (Å²) in [6.45, 7) is 2.04. The fraction of sp³-hybridized carbons (Fsp3) is 0.231. The first-order valence-corrected chi connectivity index (χ1v) is 6.41. The molecule has 0 saturated heterocycles. The van der Waals surface area contributed by atoms with E-state index in [-0.39, 0.29) is 5.56 Å². The van der Waals surface area contributed by atoms with Crippen molar-refractivity contribution in [3.8, 4) is 11.4 Å². The molecule has 3 nitrogen and oxygen atoms in total. The van der Waals surface area contributed by atoms with E-state index in [0.717, 1.165) is 18.5 Å². The molecule has 0 amide bonds. The number of hydrogen-bond acceptors (Lipinski definition) is 2. The zero-order valence-electron chi connectivity index (χ0n) is 9.84. The Bertz CT molecular complexity index is 623. The first kappa shape index (κ1) is 13.1. The summed E-state index contributed by atoms with van der Waals surface area (Å²) < 4.78 is 0. The van der Waals surface area contributed by atoms with E-state index in [9.17, 15) is 4.79 Å². The van der Waals surface area contributed by atoms with Crippen molar-refractivity contribution in [3.63, 3.8) is 0 Å². The zero-order valence-corrected chi connectivity index (χ0v) is 11.3.